The highest BCUT2D eigenvalue weighted by Crippen LogP contribution is 2.23. The Hall–Kier alpha value is -0.860. The predicted molar refractivity (Wildman–Crippen MR) is 82.1 cm³/mol. The van der Waals surface area contributed by atoms with Gasteiger partial charge in [0.2, 0.25) is 0 Å². The highest BCUT2D eigenvalue weighted by atomic mass is 15.1. The predicted octanol–water partition coefficient (Wildman–Crippen LogP) is 3.33. The maximum absolute atomic E-state index is 6.26. The molecule has 1 fully saturated rings. The van der Waals surface area contributed by atoms with E-state index in [2.05, 4.69) is 43.0 Å². The molecule has 0 spiro atoms. The van der Waals surface area contributed by atoms with E-state index in [9.17, 15) is 0 Å². The van der Waals surface area contributed by atoms with Crippen LogP contribution in [0.5, 0.6) is 0 Å². The lowest BCUT2D eigenvalue weighted by Gasteiger charge is -2.34. The second kappa shape index (κ2) is 7.06. The van der Waals surface area contributed by atoms with Gasteiger partial charge in [0.1, 0.15) is 0 Å². The van der Waals surface area contributed by atoms with Crippen molar-refractivity contribution in [1.82, 2.24) is 4.90 Å². The van der Waals surface area contributed by atoms with Crippen LogP contribution in [0.25, 0.3) is 0 Å². The Balaban J connectivity index is 1.80. The summed E-state index contributed by atoms with van der Waals surface area (Å²) in [6.45, 7) is 7.90. The molecule has 1 aliphatic rings. The van der Waals surface area contributed by atoms with Crippen molar-refractivity contribution < 1.29 is 0 Å². The normalized spacial score (nSPS) is 19.5. The molecule has 0 saturated carbocycles. The van der Waals surface area contributed by atoms with Crippen molar-refractivity contribution in [2.45, 2.75) is 52.1 Å². The average Bonchev–Trinajstić information content (AvgIpc) is 2.40. The molecule has 0 bridgehead atoms. The number of rotatable bonds is 5. The van der Waals surface area contributed by atoms with Gasteiger partial charge in [-0.2, -0.15) is 0 Å². The third-order valence-corrected chi connectivity index (χ3v) is 4.35. The van der Waals surface area contributed by atoms with E-state index in [1.54, 1.807) is 0 Å². The van der Waals surface area contributed by atoms with Crippen LogP contribution in [0.1, 0.15) is 43.7 Å². The van der Waals surface area contributed by atoms with Crippen molar-refractivity contribution in [3.8, 4) is 0 Å². The summed E-state index contributed by atoms with van der Waals surface area (Å²) in [6, 6.07) is 9.29. The summed E-state index contributed by atoms with van der Waals surface area (Å²) in [5.74, 6) is 0.744. The zero-order chi connectivity index (χ0) is 13.7. The molecule has 0 aromatic heterocycles. The number of aryl methyl sites for hydroxylation is 1. The maximum atomic E-state index is 6.26. The van der Waals surface area contributed by atoms with Crippen LogP contribution in [0, 0.1) is 12.8 Å². The van der Waals surface area contributed by atoms with Crippen molar-refractivity contribution in [3.63, 3.8) is 0 Å². The lowest BCUT2D eigenvalue weighted by atomic mass is 9.87. The Labute approximate surface area is 118 Å². The number of nitrogens with zero attached hydrogens (tertiary/aromatic N) is 1. The lowest BCUT2D eigenvalue weighted by molar-refractivity contribution is 0.159. The zero-order valence-electron chi connectivity index (χ0n) is 12.4. The van der Waals surface area contributed by atoms with Gasteiger partial charge in [-0.1, -0.05) is 43.2 Å². The number of piperidine rings is 1. The van der Waals surface area contributed by atoms with Gasteiger partial charge in [-0.15, -0.1) is 0 Å². The van der Waals surface area contributed by atoms with Gasteiger partial charge in [0.05, 0.1) is 0 Å². The van der Waals surface area contributed by atoms with Gasteiger partial charge in [-0.05, 0) is 50.8 Å². The van der Waals surface area contributed by atoms with E-state index in [0.717, 1.165) is 12.5 Å². The fraction of sp³-hybridized carbons (Fsp3) is 0.647. The van der Waals surface area contributed by atoms with Crippen LogP contribution in [0.15, 0.2) is 24.3 Å². The second-order valence-electron chi connectivity index (χ2n) is 6.06. The molecule has 106 valence electrons. The van der Waals surface area contributed by atoms with Crippen LogP contribution in [0.4, 0.5) is 0 Å². The van der Waals surface area contributed by atoms with Crippen LogP contribution >= 0.6 is 0 Å². The smallest absolute Gasteiger partial charge is 0.0233 e. The van der Waals surface area contributed by atoms with E-state index >= 15 is 0 Å². The van der Waals surface area contributed by atoms with Crippen LogP contribution < -0.4 is 5.73 Å². The van der Waals surface area contributed by atoms with E-state index in [-0.39, 0.29) is 0 Å². The first-order valence-corrected chi connectivity index (χ1v) is 7.72. The summed E-state index contributed by atoms with van der Waals surface area (Å²) in [5, 5.41) is 0. The first-order valence-electron chi connectivity index (χ1n) is 7.72. The van der Waals surface area contributed by atoms with Crippen molar-refractivity contribution in [1.29, 1.82) is 0 Å². The number of hydrogen-bond acceptors (Lipinski definition) is 2. The minimum Gasteiger partial charge on any atom is -0.327 e. The van der Waals surface area contributed by atoms with E-state index in [1.165, 1.54) is 49.9 Å². The van der Waals surface area contributed by atoms with Crippen LogP contribution in [0.2, 0.25) is 0 Å². The fourth-order valence-electron chi connectivity index (χ4n) is 3.18. The maximum Gasteiger partial charge on any atom is 0.0233 e. The number of benzene rings is 1. The summed E-state index contributed by atoms with van der Waals surface area (Å²) < 4.78 is 0. The molecule has 2 N–H and O–H groups in total. The summed E-state index contributed by atoms with van der Waals surface area (Å²) in [5.41, 5.74) is 9.06. The van der Waals surface area contributed by atoms with Gasteiger partial charge < -0.3 is 5.73 Å². The number of likely N-dealkylation sites (tertiary alicyclic amines) is 1. The van der Waals surface area contributed by atoms with Gasteiger partial charge in [-0.25, -0.2) is 0 Å². The molecule has 1 unspecified atom stereocenters. The minimum atomic E-state index is 0.422. The fourth-order valence-corrected chi connectivity index (χ4v) is 3.18. The first-order chi connectivity index (χ1) is 9.19. The molecule has 0 radical (unpaired) electrons. The molecule has 19 heavy (non-hydrogen) atoms. The van der Waals surface area contributed by atoms with Gasteiger partial charge in [0.25, 0.3) is 0 Å². The number of hydrogen-bond donors (Lipinski definition) is 1. The Morgan fingerprint density at radius 1 is 1.32 bits per heavy atom. The third-order valence-electron chi connectivity index (χ3n) is 4.35. The van der Waals surface area contributed by atoms with Crippen LogP contribution in [-0.4, -0.2) is 24.0 Å². The van der Waals surface area contributed by atoms with Crippen molar-refractivity contribution in [2.24, 2.45) is 11.7 Å². The minimum absolute atomic E-state index is 0.422. The molecule has 1 aromatic carbocycles. The Morgan fingerprint density at radius 2 is 2.05 bits per heavy atom. The van der Waals surface area contributed by atoms with E-state index < -0.39 is 0 Å². The van der Waals surface area contributed by atoms with Crippen LogP contribution in [0.3, 0.4) is 0 Å². The van der Waals surface area contributed by atoms with Gasteiger partial charge in [0, 0.05) is 12.6 Å². The highest BCUT2D eigenvalue weighted by Gasteiger charge is 2.23. The highest BCUT2D eigenvalue weighted by molar-refractivity contribution is 5.22. The summed E-state index contributed by atoms with van der Waals surface area (Å²) >= 11 is 0. The quantitative estimate of drug-likeness (QED) is 0.880. The summed E-state index contributed by atoms with van der Waals surface area (Å²) in [4.78, 5) is 2.57. The van der Waals surface area contributed by atoms with Crippen molar-refractivity contribution >= 4 is 0 Å². The first kappa shape index (κ1) is 14.5. The Kier molecular flexibility index (Phi) is 5.41. The van der Waals surface area contributed by atoms with E-state index in [4.69, 9.17) is 5.73 Å². The molecule has 1 atom stereocenters. The Morgan fingerprint density at radius 3 is 2.68 bits per heavy atom. The standard InChI is InChI=1S/C17H28N2/c1-3-5-17(18)16-8-10-19(11-9-16)13-15-7-4-6-14(2)12-15/h4,6-7,12,16-17H,3,5,8-11,13,18H2,1-2H3. The van der Waals surface area contributed by atoms with Crippen molar-refractivity contribution in [2.75, 3.05) is 13.1 Å². The largest absolute Gasteiger partial charge is 0.327 e. The van der Waals surface area contributed by atoms with Crippen LogP contribution in [-0.2, 0) is 6.54 Å². The van der Waals surface area contributed by atoms with Gasteiger partial charge in [-0.3, -0.25) is 4.90 Å². The monoisotopic (exact) mass is 260 g/mol. The molecule has 1 heterocycles. The third kappa shape index (κ3) is 4.32. The average molecular weight is 260 g/mol. The van der Waals surface area contributed by atoms with Gasteiger partial charge >= 0.3 is 0 Å². The SMILES string of the molecule is CCCC(N)C1CCN(Cc2cccc(C)c2)CC1. The lowest BCUT2D eigenvalue weighted by Crippen LogP contribution is -2.40. The molecule has 0 aliphatic carbocycles. The topological polar surface area (TPSA) is 29.3 Å². The van der Waals surface area contributed by atoms with E-state index in [0.29, 0.717) is 6.04 Å². The Bertz CT molecular complexity index is 381. The molecule has 2 heteroatoms. The molecule has 2 nitrogen and oxygen atoms in total. The van der Waals surface area contributed by atoms with Gasteiger partial charge in [0.15, 0.2) is 0 Å². The molecular formula is C17H28N2. The molecular weight excluding hydrogens is 232 g/mol. The molecule has 2 rings (SSSR count). The zero-order valence-corrected chi connectivity index (χ0v) is 12.4. The molecule has 1 aromatic rings. The summed E-state index contributed by atoms with van der Waals surface area (Å²) in [6.07, 6.45) is 4.94. The van der Waals surface area contributed by atoms with E-state index in [1.807, 2.05) is 0 Å². The molecule has 0 amide bonds. The second-order valence-corrected chi connectivity index (χ2v) is 6.06. The number of nitrogens with two attached hydrogens (primary N) is 1. The molecule has 1 aliphatic heterocycles. The summed E-state index contributed by atoms with van der Waals surface area (Å²) in [7, 11) is 0. The van der Waals surface area contributed by atoms with Crippen molar-refractivity contribution in [3.05, 3.63) is 35.4 Å². The molecule has 1 saturated heterocycles.